The van der Waals surface area contributed by atoms with Gasteiger partial charge in [-0.1, -0.05) is 37.1 Å². The first-order chi connectivity index (χ1) is 24.8. The predicted octanol–water partition coefficient (Wildman–Crippen LogP) is 7.74. The minimum atomic E-state index is -0.566. The van der Waals surface area contributed by atoms with Crippen LogP contribution >= 0.6 is 23.1 Å². The van der Waals surface area contributed by atoms with Crippen LogP contribution in [0.5, 0.6) is 11.5 Å². The summed E-state index contributed by atoms with van der Waals surface area (Å²) in [6.45, 7) is 2.03. The van der Waals surface area contributed by atoms with Crippen molar-refractivity contribution in [2.24, 2.45) is 0 Å². The first kappa shape index (κ1) is 37.2. The molecule has 3 N–H and O–H groups in total. The largest absolute Gasteiger partial charge is 0.497 e. The topological polar surface area (TPSA) is 132 Å². The molecule has 3 amide bonds. The number of carbonyl (C=O) groups excluding carboxylic acids is 4. The van der Waals surface area contributed by atoms with E-state index in [4.69, 9.17) is 14.2 Å². The monoisotopic (exact) mass is 727 g/mol. The van der Waals surface area contributed by atoms with E-state index >= 15 is 0 Å². The Labute approximate surface area is 306 Å². The van der Waals surface area contributed by atoms with Gasteiger partial charge in [0.25, 0.3) is 11.8 Å². The minimum absolute atomic E-state index is 0.0182. The second kappa shape index (κ2) is 18.2. The maximum Gasteiger partial charge on any atom is 0.341 e. The second-order valence-electron chi connectivity index (χ2n) is 11.6. The van der Waals surface area contributed by atoms with Gasteiger partial charge in [-0.15, -0.1) is 23.1 Å². The molecule has 51 heavy (non-hydrogen) atoms. The van der Waals surface area contributed by atoms with Crippen LogP contribution in [0.1, 0.15) is 69.3 Å². The molecular weight excluding hydrogens is 687 g/mol. The Morgan fingerprint density at radius 1 is 0.863 bits per heavy atom. The maximum atomic E-state index is 13.7. The van der Waals surface area contributed by atoms with Crippen LogP contribution in [0.15, 0.2) is 83.4 Å². The Hall–Kier alpha value is -5.07. The van der Waals surface area contributed by atoms with Crippen molar-refractivity contribution in [2.45, 2.75) is 50.3 Å². The Morgan fingerprint density at radius 3 is 2.39 bits per heavy atom. The number of carbonyl (C=O) groups is 4. The summed E-state index contributed by atoms with van der Waals surface area (Å²) in [5.41, 5.74) is 2.84. The standard InChI is InChI=1S/C39H41N3O7S2/c1-4-49-39(46)35-30-17-10-5-6-11-18-33(30)51-38(35)42-34(43)24-50-29-16-12-15-27(23-29)40-37(45)31(41-36(44)25-13-8-7-9-14-25)22-26-21-28(47-2)19-20-32(26)48-3/h7-9,12-16,19-23H,4-6,10-11,17-18,24H2,1-3H3,(H,40,45)(H,41,44)(H,42,43)/b31-22+. The molecule has 10 nitrogen and oxygen atoms in total. The van der Waals surface area contributed by atoms with Crippen LogP contribution in [-0.2, 0) is 27.2 Å². The number of hydrogen-bond donors (Lipinski definition) is 3. The Morgan fingerprint density at radius 2 is 1.65 bits per heavy atom. The van der Waals surface area contributed by atoms with Crippen LogP contribution < -0.4 is 25.4 Å². The molecule has 0 atom stereocenters. The maximum absolute atomic E-state index is 13.7. The van der Waals surface area contributed by atoms with Gasteiger partial charge in [-0.3, -0.25) is 14.4 Å². The van der Waals surface area contributed by atoms with Crippen LogP contribution in [-0.4, -0.2) is 50.3 Å². The quantitative estimate of drug-likeness (QED) is 0.0724. The Bertz CT molecular complexity index is 1910. The van der Waals surface area contributed by atoms with E-state index in [1.807, 2.05) is 6.07 Å². The highest BCUT2D eigenvalue weighted by atomic mass is 32.2. The summed E-state index contributed by atoms with van der Waals surface area (Å²) < 4.78 is 16.2. The van der Waals surface area contributed by atoms with E-state index in [9.17, 15) is 19.2 Å². The summed E-state index contributed by atoms with van der Waals surface area (Å²) in [7, 11) is 3.05. The molecule has 0 bridgehead atoms. The molecule has 12 heteroatoms. The van der Waals surface area contributed by atoms with Gasteiger partial charge in [0.15, 0.2) is 0 Å². The third kappa shape index (κ3) is 10.0. The number of amides is 3. The molecule has 1 aliphatic rings. The van der Waals surface area contributed by atoms with E-state index in [0.29, 0.717) is 38.9 Å². The molecule has 1 heterocycles. The normalized spacial score (nSPS) is 12.8. The Balaban J connectivity index is 1.31. The first-order valence-corrected chi connectivity index (χ1v) is 18.6. The number of aryl methyl sites for hydroxylation is 1. The number of nitrogens with one attached hydrogen (secondary N) is 3. The lowest BCUT2D eigenvalue weighted by Gasteiger charge is -2.14. The lowest BCUT2D eigenvalue weighted by Crippen LogP contribution is -2.30. The number of hydrogen-bond acceptors (Lipinski definition) is 9. The number of rotatable bonds is 13. The summed E-state index contributed by atoms with van der Waals surface area (Å²) in [6, 6.07) is 20.8. The lowest BCUT2D eigenvalue weighted by molar-refractivity contribution is -0.114. The molecule has 4 aromatic rings. The first-order valence-electron chi connectivity index (χ1n) is 16.8. The van der Waals surface area contributed by atoms with E-state index in [0.717, 1.165) is 53.9 Å². The average molecular weight is 728 g/mol. The van der Waals surface area contributed by atoms with Crippen molar-refractivity contribution >= 4 is 63.6 Å². The fourth-order valence-corrected chi connectivity index (χ4v) is 7.70. The van der Waals surface area contributed by atoms with Crippen LogP contribution in [0, 0.1) is 0 Å². The van der Waals surface area contributed by atoms with Gasteiger partial charge < -0.3 is 30.2 Å². The number of thioether (sulfide) groups is 1. The van der Waals surface area contributed by atoms with Crippen molar-refractivity contribution < 1.29 is 33.4 Å². The van der Waals surface area contributed by atoms with Crippen LogP contribution in [0.3, 0.4) is 0 Å². The van der Waals surface area contributed by atoms with Crippen molar-refractivity contribution in [2.75, 3.05) is 37.2 Å². The minimum Gasteiger partial charge on any atom is -0.497 e. The van der Waals surface area contributed by atoms with E-state index in [-0.39, 0.29) is 24.0 Å². The van der Waals surface area contributed by atoms with Crippen molar-refractivity contribution in [3.05, 3.63) is 106 Å². The third-order valence-electron chi connectivity index (χ3n) is 8.13. The lowest BCUT2D eigenvalue weighted by atomic mass is 9.96. The smallest absolute Gasteiger partial charge is 0.341 e. The molecule has 1 aliphatic carbocycles. The highest BCUT2D eigenvalue weighted by molar-refractivity contribution is 8.00. The molecule has 0 radical (unpaired) electrons. The van der Waals surface area contributed by atoms with E-state index < -0.39 is 17.8 Å². The number of anilines is 2. The molecule has 0 saturated carbocycles. The number of methoxy groups -OCH3 is 2. The van der Waals surface area contributed by atoms with Gasteiger partial charge in [-0.25, -0.2) is 4.79 Å². The van der Waals surface area contributed by atoms with Crippen LogP contribution in [0.25, 0.3) is 6.08 Å². The third-order valence-corrected chi connectivity index (χ3v) is 10.3. The fourth-order valence-electron chi connectivity index (χ4n) is 5.65. The number of esters is 1. The van der Waals surface area contributed by atoms with Crippen molar-refractivity contribution in [1.82, 2.24) is 5.32 Å². The molecule has 1 aromatic heterocycles. The highest BCUT2D eigenvalue weighted by Crippen LogP contribution is 2.38. The second-order valence-corrected chi connectivity index (χ2v) is 13.8. The average Bonchev–Trinajstić information content (AvgIpc) is 3.45. The van der Waals surface area contributed by atoms with E-state index in [1.54, 1.807) is 73.7 Å². The van der Waals surface area contributed by atoms with Gasteiger partial charge in [0.05, 0.1) is 32.1 Å². The number of benzene rings is 3. The van der Waals surface area contributed by atoms with Gasteiger partial charge in [0, 0.05) is 26.6 Å². The SMILES string of the molecule is CCOC(=O)c1c(NC(=O)CSc2cccc(NC(=O)/C(=C\c3cc(OC)ccc3OC)NC(=O)c3ccccc3)c2)sc2c1CCCCCC2. The molecule has 0 fully saturated rings. The molecule has 266 valence electrons. The summed E-state index contributed by atoms with van der Waals surface area (Å²) >= 11 is 2.76. The molecule has 5 rings (SSSR count). The van der Waals surface area contributed by atoms with E-state index in [1.165, 1.54) is 43.4 Å². The van der Waals surface area contributed by atoms with Gasteiger partial charge in [-0.2, -0.15) is 0 Å². The van der Waals surface area contributed by atoms with Crippen LogP contribution in [0.4, 0.5) is 10.7 Å². The molecular formula is C39H41N3O7S2. The van der Waals surface area contributed by atoms with Gasteiger partial charge in [0.1, 0.15) is 22.2 Å². The summed E-state index contributed by atoms with van der Waals surface area (Å²) in [4.78, 5) is 54.9. The summed E-state index contributed by atoms with van der Waals surface area (Å²) in [6.07, 6.45) is 7.53. The van der Waals surface area contributed by atoms with Gasteiger partial charge >= 0.3 is 5.97 Å². The summed E-state index contributed by atoms with van der Waals surface area (Å²) in [5, 5.41) is 9.11. The predicted molar refractivity (Wildman–Crippen MR) is 202 cm³/mol. The van der Waals surface area contributed by atoms with Crippen molar-refractivity contribution in [1.29, 1.82) is 0 Å². The van der Waals surface area contributed by atoms with Gasteiger partial charge in [0.2, 0.25) is 5.91 Å². The Kier molecular flexibility index (Phi) is 13.3. The van der Waals surface area contributed by atoms with E-state index in [2.05, 4.69) is 16.0 Å². The molecule has 0 unspecified atom stereocenters. The van der Waals surface area contributed by atoms with Crippen LogP contribution in [0.2, 0.25) is 0 Å². The zero-order chi connectivity index (χ0) is 36.2. The highest BCUT2D eigenvalue weighted by Gasteiger charge is 2.26. The zero-order valence-corrected chi connectivity index (χ0v) is 30.5. The number of ether oxygens (including phenoxy) is 3. The molecule has 0 aliphatic heterocycles. The van der Waals surface area contributed by atoms with Crippen molar-refractivity contribution in [3.63, 3.8) is 0 Å². The van der Waals surface area contributed by atoms with Gasteiger partial charge in [-0.05, 0) is 92.8 Å². The number of fused-ring (bicyclic) bond motifs is 1. The molecule has 0 spiro atoms. The van der Waals surface area contributed by atoms with Crippen molar-refractivity contribution in [3.8, 4) is 11.5 Å². The number of thiophene rings is 1. The molecule has 0 saturated heterocycles. The summed E-state index contributed by atoms with van der Waals surface area (Å²) in [5.74, 6) is -0.574. The fraction of sp³-hybridized carbons (Fsp3) is 0.282. The molecule has 3 aromatic carbocycles. The zero-order valence-electron chi connectivity index (χ0n) is 28.8.